The maximum Gasteiger partial charge on any atom is 0.110 e. The highest BCUT2D eigenvalue weighted by molar-refractivity contribution is 9.11. The Morgan fingerprint density at radius 2 is 1.29 bits per heavy atom. The highest BCUT2D eigenvalue weighted by atomic mass is 79.9. The van der Waals surface area contributed by atoms with Gasteiger partial charge in [0, 0.05) is 0 Å². The largest absolute Gasteiger partial charge is 0.192 e. The molecule has 0 aliphatic rings. The minimum Gasteiger partial charge on any atom is -0.192 e. The van der Waals surface area contributed by atoms with Crippen LogP contribution in [0, 0.1) is 17.2 Å². The maximum atomic E-state index is 9.17. The van der Waals surface area contributed by atoms with Gasteiger partial charge >= 0.3 is 0 Å². The molecule has 0 amide bonds. The molecule has 1 atom stereocenters. The van der Waals surface area contributed by atoms with Crippen LogP contribution in [0.1, 0.15) is 127 Å². The third kappa shape index (κ3) is 12.3. The summed E-state index contributed by atoms with van der Waals surface area (Å²) < 4.78 is 1.17. The second-order valence-corrected chi connectivity index (χ2v) is 10.8. The number of hydrogen-bond acceptors (Lipinski definition) is 2. The lowest BCUT2D eigenvalue weighted by Crippen LogP contribution is -2.05. The quantitative estimate of drug-likeness (QED) is 0.197. The van der Waals surface area contributed by atoms with Crippen molar-refractivity contribution in [2.45, 2.75) is 123 Å². The number of hydrogen-bond donors (Lipinski definition) is 0. The van der Waals surface area contributed by atoms with Gasteiger partial charge in [-0.2, -0.15) is 5.26 Å². The lowest BCUT2D eigenvalue weighted by Gasteiger charge is -2.17. The Hall–Kier alpha value is -0.330. The van der Waals surface area contributed by atoms with Gasteiger partial charge in [-0.3, -0.25) is 0 Å². The molecule has 0 aliphatic carbocycles. The Labute approximate surface area is 187 Å². The molecule has 1 heterocycles. The number of thiophene rings is 1. The predicted octanol–water partition coefficient (Wildman–Crippen LogP) is 9.82. The van der Waals surface area contributed by atoms with Crippen molar-refractivity contribution >= 4 is 27.3 Å². The van der Waals surface area contributed by atoms with Gasteiger partial charge in [-0.1, -0.05) is 117 Å². The second kappa shape index (κ2) is 17.5. The van der Waals surface area contributed by atoms with Gasteiger partial charge in [0.15, 0.2) is 0 Å². The Kier molecular flexibility index (Phi) is 16.1. The van der Waals surface area contributed by atoms with Crippen molar-refractivity contribution in [1.82, 2.24) is 0 Å². The van der Waals surface area contributed by atoms with E-state index in [1.54, 1.807) is 11.3 Å². The number of halogens is 1. The Morgan fingerprint density at radius 3 is 1.71 bits per heavy atom. The van der Waals surface area contributed by atoms with Gasteiger partial charge in [0.25, 0.3) is 0 Å². The minimum atomic E-state index is 0.781. The topological polar surface area (TPSA) is 23.8 Å². The summed E-state index contributed by atoms with van der Waals surface area (Å²) in [5.74, 6) is 0.781. The van der Waals surface area contributed by atoms with Crippen molar-refractivity contribution in [3.8, 4) is 6.07 Å². The molecular weight excluding hydrogens is 426 g/mol. The highest BCUT2D eigenvalue weighted by Gasteiger charge is 2.14. The fourth-order valence-corrected chi connectivity index (χ4v) is 5.55. The summed E-state index contributed by atoms with van der Waals surface area (Å²) in [4.78, 5) is 0.840. The molecule has 3 heteroatoms. The van der Waals surface area contributed by atoms with Crippen LogP contribution < -0.4 is 0 Å². The smallest absolute Gasteiger partial charge is 0.110 e. The molecule has 0 saturated heterocycles. The second-order valence-electron chi connectivity index (χ2n) is 8.41. The first-order valence-electron chi connectivity index (χ1n) is 11.9. The summed E-state index contributed by atoms with van der Waals surface area (Å²) in [5.41, 5.74) is 1.36. The third-order valence-corrected chi connectivity index (χ3v) is 7.67. The van der Waals surface area contributed by atoms with Crippen molar-refractivity contribution in [2.24, 2.45) is 5.92 Å². The van der Waals surface area contributed by atoms with Crippen LogP contribution in [0.3, 0.4) is 0 Å². The third-order valence-electron chi connectivity index (χ3n) is 5.81. The lowest BCUT2D eigenvalue weighted by atomic mass is 9.89. The summed E-state index contributed by atoms with van der Waals surface area (Å²) in [6.07, 6.45) is 23.3. The van der Waals surface area contributed by atoms with E-state index in [4.69, 9.17) is 0 Å². The molecule has 0 spiro atoms. The van der Waals surface area contributed by atoms with Gasteiger partial charge in [-0.05, 0) is 39.9 Å². The molecule has 160 valence electrons. The molecule has 1 nitrogen and oxygen atoms in total. The Bertz CT molecular complexity index is 531. The average molecular weight is 469 g/mol. The zero-order chi connectivity index (χ0) is 20.5. The predicted molar refractivity (Wildman–Crippen MR) is 129 cm³/mol. The van der Waals surface area contributed by atoms with E-state index in [0.717, 1.165) is 17.2 Å². The summed E-state index contributed by atoms with van der Waals surface area (Å²) in [7, 11) is 0. The van der Waals surface area contributed by atoms with Gasteiger partial charge in [0.2, 0.25) is 0 Å². The molecule has 1 aromatic rings. The number of nitriles is 1. The van der Waals surface area contributed by atoms with Gasteiger partial charge in [0.05, 0.1) is 3.79 Å². The molecule has 0 N–H and O–H groups in total. The van der Waals surface area contributed by atoms with E-state index < -0.39 is 0 Å². The van der Waals surface area contributed by atoms with Gasteiger partial charge in [0.1, 0.15) is 10.9 Å². The van der Waals surface area contributed by atoms with Gasteiger partial charge in [-0.25, -0.2) is 0 Å². The summed E-state index contributed by atoms with van der Waals surface area (Å²) in [5, 5.41) is 9.17. The standard InChI is InChI=1S/C25H42BrNS/c1-3-5-7-9-11-12-14-16-18-22(17-15-13-10-8-6-4-2)19-23-20-24(21-27)28-25(23)26/h20,22H,3-19H2,1-2H3. The molecule has 28 heavy (non-hydrogen) atoms. The van der Waals surface area contributed by atoms with E-state index in [9.17, 15) is 5.26 Å². The summed E-state index contributed by atoms with van der Waals surface area (Å²) in [6, 6.07) is 4.41. The summed E-state index contributed by atoms with van der Waals surface area (Å²) >= 11 is 5.28. The molecule has 0 aromatic carbocycles. The van der Waals surface area contributed by atoms with Crippen LogP contribution in [0.25, 0.3) is 0 Å². The first kappa shape index (κ1) is 25.7. The zero-order valence-electron chi connectivity index (χ0n) is 18.4. The van der Waals surface area contributed by atoms with E-state index >= 15 is 0 Å². The van der Waals surface area contributed by atoms with Crippen molar-refractivity contribution < 1.29 is 0 Å². The van der Waals surface area contributed by atoms with E-state index in [-0.39, 0.29) is 0 Å². The fourth-order valence-electron chi connectivity index (χ4n) is 4.04. The molecule has 0 bridgehead atoms. The first-order valence-corrected chi connectivity index (χ1v) is 13.5. The van der Waals surface area contributed by atoms with Crippen molar-refractivity contribution in [1.29, 1.82) is 5.26 Å². The van der Waals surface area contributed by atoms with Crippen molar-refractivity contribution in [3.05, 3.63) is 20.3 Å². The Morgan fingerprint density at radius 1 is 0.821 bits per heavy atom. The van der Waals surface area contributed by atoms with E-state index in [2.05, 4.69) is 41.9 Å². The molecule has 1 aromatic heterocycles. The highest BCUT2D eigenvalue weighted by Crippen LogP contribution is 2.32. The van der Waals surface area contributed by atoms with Crippen molar-refractivity contribution in [2.75, 3.05) is 0 Å². The monoisotopic (exact) mass is 467 g/mol. The van der Waals surface area contributed by atoms with Crippen molar-refractivity contribution in [3.63, 3.8) is 0 Å². The number of nitrogens with zero attached hydrogens (tertiary/aromatic N) is 1. The summed E-state index contributed by atoms with van der Waals surface area (Å²) in [6.45, 7) is 4.57. The number of unbranched alkanes of at least 4 members (excludes halogenated alkanes) is 12. The lowest BCUT2D eigenvalue weighted by molar-refractivity contribution is 0.400. The van der Waals surface area contributed by atoms with E-state index in [1.165, 1.54) is 112 Å². The maximum absolute atomic E-state index is 9.17. The average Bonchev–Trinajstić information content (AvgIpc) is 3.05. The van der Waals surface area contributed by atoms with Crippen LogP contribution in [0.4, 0.5) is 0 Å². The molecule has 0 radical (unpaired) electrons. The Balaban J connectivity index is 2.35. The molecule has 1 unspecified atom stereocenters. The van der Waals surface area contributed by atoms with Crippen LogP contribution in [0.2, 0.25) is 0 Å². The van der Waals surface area contributed by atoms with Crippen LogP contribution in [-0.4, -0.2) is 0 Å². The first-order chi connectivity index (χ1) is 13.7. The van der Waals surface area contributed by atoms with Crippen LogP contribution in [-0.2, 0) is 6.42 Å². The molecular formula is C25H42BrNS. The van der Waals surface area contributed by atoms with E-state index in [0.29, 0.717) is 0 Å². The van der Waals surface area contributed by atoms with Gasteiger partial charge < -0.3 is 0 Å². The molecule has 0 aliphatic heterocycles. The van der Waals surface area contributed by atoms with Crippen LogP contribution in [0.5, 0.6) is 0 Å². The SMILES string of the molecule is CCCCCCCCCCC(CCCCCCCC)Cc1cc(C#N)sc1Br. The van der Waals surface area contributed by atoms with Crippen LogP contribution in [0.15, 0.2) is 9.85 Å². The number of rotatable bonds is 18. The zero-order valence-corrected chi connectivity index (χ0v) is 20.8. The molecule has 0 fully saturated rings. The molecule has 1 rings (SSSR count). The van der Waals surface area contributed by atoms with Gasteiger partial charge in [-0.15, -0.1) is 11.3 Å². The van der Waals surface area contributed by atoms with Crippen LogP contribution >= 0.6 is 27.3 Å². The normalized spacial score (nSPS) is 12.2. The van der Waals surface area contributed by atoms with E-state index in [1.807, 2.05) is 0 Å². The molecule has 0 saturated carbocycles. The minimum absolute atomic E-state index is 0.781. The fraction of sp³-hybridized carbons (Fsp3) is 0.800.